The van der Waals surface area contributed by atoms with Crippen molar-refractivity contribution < 1.29 is 0 Å². The number of rotatable bonds is 8. The van der Waals surface area contributed by atoms with E-state index in [-0.39, 0.29) is 0 Å². The van der Waals surface area contributed by atoms with Gasteiger partial charge >= 0.3 is 0 Å². The molecule has 3 heteroatoms. The molecule has 1 heterocycles. The highest BCUT2D eigenvalue weighted by molar-refractivity contribution is 9.09. The predicted octanol–water partition coefficient (Wildman–Crippen LogP) is 5.04. The van der Waals surface area contributed by atoms with Crippen molar-refractivity contribution in [1.82, 2.24) is 9.78 Å². The maximum atomic E-state index is 4.78. The quantitative estimate of drug-likeness (QED) is 0.611. The van der Waals surface area contributed by atoms with Crippen LogP contribution in [-0.2, 0) is 12.8 Å². The van der Waals surface area contributed by atoms with Crippen molar-refractivity contribution in [3.63, 3.8) is 0 Å². The second-order valence-electron chi connectivity index (χ2n) is 5.67. The lowest BCUT2D eigenvalue weighted by atomic mass is 9.97. The zero-order valence-electron chi connectivity index (χ0n) is 13.0. The van der Waals surface area contributed by atoms with Gasteiger partial charge in [-0.25, -0.2) is 0 Å². The summed E-state index contributed by atoms with van der Waals surface area (Å²) in [6, 6.07) is 13.4. The van der Waals surface area contributed by atoms with E-state index in [9.17, 15) is 0 Å². The largest absolute Gasteiger partial charge is 0.269 e. The van der Waals surface area contributed by atoms with Gasteiger partial charge in [-0.3, -0.25) is 4.68 Å². The summed E-state index contributed by atoms with van der Waals surface area (Å²) >= 11 is 3.66. The fraction of sp³-hybridized carbons (Fsp3) is 0.500. The van der Waals surface area contributed by atoms with Crippen molar-refractivity contribution in [2.75, 3.05) is 5.33 Å². The number of nitrogens with zero attached hydrogens (tertiary/aromatic N) is 2. The lowest BCUT2D eigenvalue weighted by Crippen LogP contribution is -2.12. The topological polar surface area (TPSA) is 17.8 Å². The fourth-order valence-corrected chi connectivity index (χ4v) is 3.23. The van der Waals surface area contributed by atoms with Gasteiger partial charge in [-0.1, -0.05) is 60.1 Å². The molecule has 0 amide bonds. The molecule has 0 bridgehead atoms. The van der Waals surface area contributed by atoms with Crippen LogP contribution < -0.4 is 0 Å². The molecule has 0 radical (unpaired) electrons. The Morgan fingerprint density at radius 1 is 1.05 bits per heavy atom. The van der Waals surface area contributed by atoms with E-state index in [2.05, 4.69) is 77.1 Å². The maximum absolute atomic E-state index is 4.78. The Bertz CT molecular complexity index is 517. The first-order valence-electron chi connectivity index (χ1n) is 7.90. The van der Waals surface area contributed by atoms with Gasteiger partial charge in [-0.2, -0.15) is 5.10 Å². The summed E-state index contributed by atoms with van der Waals surface area (Å²) in [6.07, 6.45) is 6.56. The van der Waals surface area contributed by atoms with Crippen LogP contribution in [0, 0.1) is 5.92 Å². The molecule has 114 valence electrons. The molecule has 1 aromatic carbocycles. The molecule has 2 rings (SSSR count). The monoisotopic (exact) mass is 348 g/mol. The van der Waals surface area contributed by atoms with Gasteiger partial charge in [-0.05, 0) is 43.2 Å². The van der Waals surface area contributed by atoms with Crippen LogP contribution in [0.25, 0.3) is 0 Å². The molecule has 21 heavy (non-hydrogen) atoms. The molecule has 2 nitrogen and oxygen atoms in total. The standard InChI is InChI=1S/C18H25BrN2/c1-3-18(4-2)21-11-10-17(20-21)13-16(14-19)12-15-8-6-5-7-9-15/h5-11,16,18H,3-4,12-14H2,1-2H3. The molecule has 0 spiro atoms. The number of aromatic nitrogens is 2. The van der Waals surface area contributed by atoms with E-state index < -0.39 is 0 Å². The average Bonchev–Trinajstić information content (AvgIpc) is 2.97. The third-order valence-electron chi connectivity index (χ3n) is 4.06. The van der Waals surface area contributed by atoms with Crippen molar-refractivity contribution in [3.8, 4) is 0 Å². The van der Waals surface area contributed by atoms with E-state index in [1.807, 2.05) is 0 Å². The Kier molecular flexibility index (Phi) is 6.50. The van der Waals surface area contributed by atoms with Gasteiger partial charge < -0.3 is 0 Å². The van der Waals surface area contributed by atoms with Crippen LogP contribution in [0.3, 0.4) is 0 Å². The summed E-state index contributed by atoms with van der Waals surface area (Å²) in [6.45, 7) is 4.46. The van der Waals surface area contributed by atoms with Gasteiger partial charge in [0.05, 0.1) is 11.7 Å². The number of halogens is 1. The minimum absolute atomic E-state index is 0.537. The fourth-order valence-electron chi connectivity index (χ4n) is 2.78. The first-order valence-corrected chi connectivity index (χ1v) is 9.02. The molecule has 0 N–H and O–H groups in total. The molecular weight excluding hydrogens is 324 g/mol. The van der Waals surface area contributed by atoms with Crippen molar-refractivity contribution >= 4 is 15.9 Å². The SMILES string of the molecule is CCC(CC)n1ccc(CC(CBr)Cc2ccccc2)n1. The van der Waals surface area contributed by atoms with Crippen molar-refractivity contribution in [2.24, 2.45) is 5.92 Å². The Labute approximate surface area is 136 Å². The van der Waals surface area contributed by atoms with Crippen molar-refractivity contribution in [2.45, 2.75) is 45.6 Å². The molecular formula is C18H25BrN2. The van der Waals surface area contributed by atoms with Gasteiger partial charge in [0.15, 0.2) is 0 Å². The van der Waals surface area contributed by atoms with Gasteiger partial charge in [0.2, 0.25) is 0 Å². The van der Waals surface area contributed by atoms with E-state index in [0.717, 1.165) is 31.0 Å². The average molecular weight is 349 g/mol. The van der Waals surface area contributed by atoms with E-state index in [0.29, 0.717) is 12.0 Å². The summed E-state index contributed by atoms with van der Waals surface area (Å²) < 4.78 is 2.14. The second kappa shape index (κ2) is 8.38. The summed E-state index contributed by atoms with van der Waals surface area (Å²) in [5.41, 5.74) is 2.61. The molecule has 1 atom stereocenters. The highest BCUT2D eigenvalue weighted by Crippen LogP contribution is 2.19. The Morgan fingerprint density at radius 2 is 1.76 bits per heavy atom. The van der Waals surface area contributed by atoms with E-state index in [4.69, 9.17) is 5.10 Å². The predicted molar refractivity (Wildman–Crippen MR) is 93.0 cm³/mol. The van der Waals surface area contributed by atoms with E-state index in [1.54, 1.807) is 0 Å². The van der Waals surface area contributed by atoms with Crippen LogP contribution in [-0.4, -0.2) is 15.1 Å². The zero-order valence-corrected chi connectivity index (χ0v) is 14.6. The Balaban J connectivity index is 1.99. The van der Waals surface area contributed by atoms with Crippen molar-refractivity contribution in [1.29, 1.82) is 0 Å². The van der Waals surface area contributed by atoms with Gasteiger partial charge in [0.1, 0.15) is 0 Å². The van der Waals surface area contributed by atoms with Crippen molar-refractivity contribution in [3.05, 3.63) is 53.9 Å². The molecule has 0 aliphatic heterocycles. The molecule has 1 aromatic heterocycles. The lowest BCUT2D eigenvalue weighted by molar-refractivity contribution is 0.422. The number of alkyl halides is 1. The zero-order chi connectivity index (χ0) is 15.1. The van der Waals surface area contributed by atoms with E-state index >= 15 is 0 Å². The lowest BCUT2D eigenvalue weighted by Gasteiger charge is -2.14. The molecule has 0 aliphatic carbocycles. The maximum Gasteiger partial charge on any atom is 0.0627 e. The van der Waals surface area contributed by atoms with Crippen LogP contribution in [0.5, 0.6) is 0 Å². The minimum Gasteiger partial charge on any atom is -0.269 e. The van der Waals surface area contributed by atoms with Crippen LogP contribution in [0.2, 0.25) is 0 Å². The molecule has 0 saturated carbocycles. The third kappa shape index (κ3) is 4.70. The smallest absolute Gasteiger partial charge is 0.0627 e. The van der Waals surface area contributed by atoms with E-state index in [1.165, 1.54) is 11.3 Å². The number of hydrogen-bond donors (Lipinski definition) is 0. The summed E-state index contributed by atoms with van der Waals surface area (Å²) in [7, 11) is 0. The summed E-state index contributed by atoms with van der Waals surface area (Å²) in [5, 5.41) is 5.79. The van der Waals surface area contributed by atoms with Gasteiger partial charge in [0.25, 0.3) is 0 Å². The Hall–Kier alpha value is -1.09. The van der Waals surface area contributed by atoms with Gasteiger partial charge in [0, 0.05) is 11.5 Å². The Morgan fingerprint density at radius 3 is 2.38 bits per heavy atom. The third-order valence-corrected chi connectivity index (χ3v) is 4.98. The normalized spacial score (nSPS) is 12.8. The first-order chi connectivity index (χ1) is 10.3. The minimum atomic E-state index is 0.537. The van der Waals surface area contributed by atoms with Crippen LogP contribution in [0.4, 0.5) is 0 Å². The molecule has 0 saturated heterocycles. The highest BCUT2D eigenvalue weighted by Gasteiger charge is 2.13. The van der Waals surface area contributed by atoms with Gasteiger partial charge in [-0.15, -0.1) is 0 Å². The first kappa shape index (κ1) is 16.3. The van der Waals surface area contributed by atoms with Crippen LogP contribution >= 0.6 is 15.9 Å². The molecule has 2 aromatic rings. The molecule has 0 fully saturated rings. The van der Waals surface area contributed by atoms with Crippen LogP contribution in [0.1, 0.15) is 44.0 Å². The number of benzene rings is 1. The summed E-state index contributed by atoms with van der Waals surface area (Å²) in [4.78, 5) is 0. The summed E-state index contributed by atoms with van der Waals surface area (Å²) in [5.74, 6) is 0.595. The highest BCUT2D eigenvalue weighted by atomic mass is 79.9. The second-order valence-corrected chi connectivity index (χ2v) is 6.32. The number of hydrogen-bond acceptors (Lipinski definition) is 1. The van der Waals surface area contributed by atoms with Crippen LogP contribution in [0.15, 0.2) is 42.6 Å². The molecule has 0 aliphatic rings. The molecule has 1 unspecified atom stereocenters.